The zero-order valence-electron chi connectivity index (χ0n) is 11.3. The van der Waals surface area contributed by atoms with Crippen molar-refractivity contribution in [1.82, 2.24) is 0 Å². The van der Waals surface area contributed by atoms with Crippen LogP contribution in [0.25, 0.3) is 0 Å². The summed E-state index contributed by atoms with van der Waals surface area (Å²) < 4.78 is 16.2. The zero-order valence-corrected chi connectivity index (χ0v) is 12.9. The Morgan fingerprint density at radius 3 is 2.43 bits per heavy atom. The van der Waals surface area contributed by atoms with Gasteiger partial charge in [0.15, 0.2) is 11.5 Å². The van der Waals surface area contributed by atoms with Crippen LogP contribution in [-0.4, -0.2) is 19.1 Å². The van der Waals surface area contributed by atoms with Crippen LogP contribution in [0.5, 0.6) is 11.5 Å². The largest absolute Gasteiger partial charge is 0.493 e. The number of ether oxygens (including phenoxy) is 2. The first-order valence-electron chi connectivity index (χ1n) is 5.89. The Morgan fingerprint density at radius 1 is 1.29 bits per heavy atom. The van der Waals surface area contributed by atoms with Crippen molar-refractivity contribution in [2.24, 2.45) is 5.73 Å². The third kappa shape index (κ3) is 3.01. The van der Waals surface area contributed by atoms with E-state index in [0.717, 1.165) is 0 Å². The van der Waals surface area contributed by atoms with E-state index in [4.69, 9.17) is 19.6 Å². The number of benzene rings is 1. The summed E-state index contributed by atoms with van der Waals surface area (Å²) in [5.41, 5.74) is 6.77. The fraction of sp³-hybridized carbons (Fsp3) is 0.231. The van der Waals surface area contributed by atoms with Crippen LogP contribution in [0, 0.1) is 10.1 Å². The predicted molar refractivity (Wildman–Crippen MR) is 78.6 cm³/mol. The smallest absolute Gasteiger partial charge is 0.433 e. The van der Waals surface area contributed by atoms with Crippen LogP contribution < -0.4 is 15.2 Å². The summed E-state index contributed by atoms with van der Waals surface area (Å²) in [6.07, 6.45) is 0. The minimum atomic E-state index is -0.673. The Bertz CT molecular complexity index is 671. The number of halogens is 1. The van der Waals surface area contributed by atoms with Gasteiger partial charge < -0.3 is 19.6 Å². The Morgan fingerprint density at radius 2 is 1.90 bits per heavy atom. The number of methoxy groups -OCH3 is 2. The lowest BCUT2D eigenvalue weighted by Gasteiger charge is -2.15. The topological polar surface area (TPSA) is 101 Å². The molecular formula is C13H13BrN2O5. The van der Waals surface area contributed by atoms with Crippen molar-refractivity contribution in [2.75, 3.05) is 14.2 Å². The van der Waals surface area contributed by atoms with Crippen molar-refractivity contribution in [1.29, 1.82) is 0 Å². The third-order valence-corrected chi connectivity index (χ3v) is 3.62. The monoisotopic (exact) mass is 356 g/mol. The van der Waals surface area contributed by atoms with E-state index < -0.39 is 11.0 Å². The summed E-state index contributed by atoms with van der Waals surface area (Å²) in [5, 5.41) is 10.6. The maximum atomic E-state index is 10.6. The van der Waals surface area contributed by atoms with Gasteiger partial charge in [0, 0.05) is 4.47 Å². The number of nitro groups is 1. The van der Waals surface area contributed by atoms with Crippen LogP contribution in [-0.2, 0) is 0 Å². The molecule has 2 rings (SSSR count). The number of nitrogens with zero attached hydrogens (tertiary/aromatic N) is 1. The van der Waals surface area contributed by atoms with Crippen molar-refractivity contribution in [3.8, 4) is 11.5 Å². The van der Waals surface area contributed by atoms with E-state index in [-0.39, 0.29) is 11.6 Å². The summed E-state index contributed by atoms with van der Waals surface area (Å²) in [6.45, 7) is 0. The molecule has 112 valence electrons. The molecule has 0 saturated carbocycles. The molecule has 0 aliphatic carbocycles. The number of furan rings is 1. The molecule has 1 atom stereocenters. The van der Waals surface area contributed by atoms with Gasteiger partial charge in [-0.25, -0.2) is 0 Å². The highest BCUT2D eigenvalue weighted by Gasteiger charge is 2.22. The van der Waals surface area contributed by atoms with Crippen molar-refractivity contribution >= 4 is 21.8 Å². The lowest BCUT2D eigenvalue weighted by molar-refractivity contribution is -0.402. The van der Waals surface area contributed by atoms with Crippen LogP contribution >= 0.6 is 15.9 Å². The summed E-state index contributed by atoms with van der Waals surface area (Å²) >= 11 is 3.39. The van der Waals surface area contributed by atoms with Gasteiger partial charge in [0.2, 0.25) is 0 Å². The molecule has 0 radical (unpaired) electrons. The molecule has 2 N–H and O–H groups in total. The van der Waals surface area contributed by atoms with Crippen LogP contribution in [0.4, 0.5) is 5.88 Å². The van der Waals surface area contributed by atoms with Crippen molar-refractivity contribution < 1.29 is 18.8 Å². The van der Waals surface area contributed by atoms with Gasteiger partial charge in [-0.2, -0.15) is 0 Å². The maximum Gasteiger partial charge on any atom is 0.433 e. The molecule has 1 heterocycles. The van der Waals surface area contributed by atoms with Crippen LogP contribution in [0.15, 0.2) is 33.2 Å². The summed E-state index contributed by atoms with van der Waals surface area (Å²) in [7, 11) is 3.04. The highest BCUT2D eigenvalue weighted by molar-refractivity contribution is 9.10. The average Bonchev–Trinajstić information content (AvgIpc) is 2.96. The highest BCUT2D eigenvalue weighted by atomic mass is 79.9. The molecule has 1 aromatic heterocycles. The second-order valence-electron chi connectivity index (χ2n) is 4.14. The molecule has 0 bridgehead atoms. The Kier molecular flexibility index (Phi) is 4.49. The van der Waals surface area contributed by atoms with E-state index in [9.17, 15) is 10.1 Å². The summed E-state index contributed by atoms with van der Waals surface area (Å²) in [6, 6.07) is 5.48. The zero-order chi connectivity index (χ0) is 15.6. The Labute approximate surface area is 128 Å². The molecule has 0 saturated heterocycles. The molecule has 2 aromatic rings. The molecule has 7 nitrogen and oxygen atoms in total. The van der Waals surface area contributed by atoms with Gasteiger partial charge in [-0.05, 0) is 23.8 Å². The van der Waals surface area contributed by atoms with Gasteiger partial charge in [-0.15, -0.1) is 0 Å². The van der Waals surface area contributed by atoms with Crippen molar-refractivity contribution in [3.05, 3.63) is 50.2 Å². The van der Waals surface area contributed by atoms with Gasteiger partial charge in [0.1, 0.15) is 10.7 Å². The van der Waals surface area contributed by atoms with E-state index in [0.29, 0.717) is 21.5 Å². The molecule has 1 unspecified atom stereocenters. The quantitative estimate of drug-likeness (QED) is 0.652. The van der Waals surface area contributed by atoms with E-state index in [1.165, 1.54) is 26.4 Å². The Balaban J connectivity index is 2.42. The first kappa shape index (κ1) is 15.3. The molecule has 0 amide bonds. The normalized spacial score (nSPS) is 12.0. The third-order valence-electron chi connectivity index (χ3n) is 2.94. The minimum Gasteiger partial charge on any atom is -0.493 e. The molecule has 0 fully saturated rings. The molecule has 21 heavy (non-hydrogen) atoms. The molecular weight excluding hydrogens is 344 g/mol. The average molecular weight is 357 g/mol. The highest BCUT2D eigenvalue weighted by Crippen LogP contribution is 2.37. The second kappa shape index (κ2) is 6.15. The first-order valence-corrected chi connectivity index (χ1v) is 6.68. The van der Waals surface area contributed by atoms with Crippen molar-refractivity contribution in [2.45, 2.75) is 6.04 Å². The van der Waals surface area contributed by atoms with Crippen LogP contribution in [0.2, 0.25) is 0 Å². The molecule has 0 spiro atoms. The fourth-order valence-electron chi connectivity index (χ4n) is 1.87. The van der Waals surface area contributed by atoms with E-state index in [1.807, 2.05) is 0 Å². The number of hydrogen-bond donors (Lipinski definition) is 1. The Hall–Kier alpha value is -2.06. The second-order valence-corrected chi connectivity index (χ2v) is 4.99. The van der Waals surface area contributed by atoms with Crippen LogP contribution in [0.1, 0.15) is 17.4 Å². The van der Waals surface area contributed by atoms with Gasteiger partial charge in [-0.1, -0.05) is 15.9 Å². The maximum absolute atomic E-state index is 10.6. The van der Waals surface area contributed by atoms with E-state index in [1.54, 1.807) is 12.1 Å². The fourth-order valence-corrected chi connectivity index (χ4v) is 2.44. The number of hydrogen-bond acceptors (Lipinski definition) is 6. The van der Waals surface area contributed by atoms with Crippen LogP contribution in [0.3, 0.4) is 0 Å². The SMILES string of the molecule is COc1cc(Br)c(C(N)c2ccc([N+](=O)[O-])o2)cc1OC. The van der Waals surface area contributed by atoms with Crippen molar-refractivity contribution in [3.63, 3.8) is 0 Å². The van der Waals surface area contributed by atoms with Gasteiger partial charge in [0.25, 0.3) is 0 Å². The van der Waals surface area contributed by atoms with Gasteiger partial charge in [0.05, 0.1) is 26.3 Å². The first-order chi connectivity index (χ1) is 9.97. The van der Waals surface area contributed by atoms with Gasteiger partial charge >= 0.3 is 5.88 Å². The predicted octanol–water partition coefficient (Wildman–Crippen LogP) is 3.02. The van der Waals surface area contributed by atoms with E-state index >= 15 is 0 Å². The lowest BCUT2D eigenvalue weighted by Crippen LogP contribution is -2.12. The van der Waals surface area contributed by atoms with E-state index in [2.05, 4.69) is 15.9 Å². The molecule has 0 aliphatic rings. The molecule has 8 heteroatoms. The standard InChI is InChI=1S/C13H13BrN2O5/c1-19-10-5-7(8(14)6-11(10)20-2)13(15)9-3-4-12(21-9)16(17)18/h3-6,13H,15H2,1-2H3. The van der Waals surface area contributed by atoms with Gasteiger partial charge in [-0.3, -0.25) is 10.1 Å². The lowest BCUT2D eigenvalue weighted by atomic mass is 10.0. The number of nitrogens with two attached hydrogens (primary N) is 1. The molecule has 1 aromatic carbocycles. The summed E-state index contributed by atoms with van der Waals surface area (Å²) in [4.78, 5) is 10.0. The molecule has 0 aliphatic heterocycles. The summed E-state index contributed by atoms with van der Waals surface area (Å²) in [5.74, 6) is 0.990. The number of rotatable bonds is 5. The minimum absolute atomic E-state index is 0.287.